The SMILES string of the molecule is C[C@H]1CN(c2ccc(C(F)(F)F)cc2)C(=O)c2c(-c3ccnc(CF)c3)cnn21. The molecule has 3 aromatic rings. The van der Waals surface area contributed by atoms with Gasteiger partial charge in [-0.05, 0) is 48.9 Å². The number of amides is 1. The van der Waals surface area contributed by atoms with E-state index in [0.29, 0.717) is 22.5 Å². The summed E-state index contributed by atoms with van der Waals surface area (Å²) in [5.74, 6) is -0.381. The van der Waals surface area contributed by atoms with Gasteiger partial charge in [0, 0.05) is 24.0 Å². The molecular formula is C20H16F4N4O. The van der Waals surface area contributed by atoms with E-state index in [0.717, 1.165) is 12.1 Å². The Morgan fingerprint density at radius 2 is 1.90 bits per heavy atom. The van der Waals surface area contributed by atoms with Crippen molar-refractivity contribution in [2.24, 2.45) is 0 Å². The van der Waals surface area contributed by atoms with E-state index in [9.17, 15) is 22.4 Å². The van der Waals surface area contributed by atoms with E-state index in [4.69, 9.17) is 0 Å². The molecule has 3 heterocycles. The van der Waals surface area contributed by atoms with Gasteiger partial charge in [-0.25, -0.2) is 4.39 Å². The quantitative estimate of drug-likeness (QED) is 0.597. The summed E-state index contributed by atoms with van der Waals surface area (Å²) in [6, 6.07) is 7.49. The second-order valence-corrected chi connectivity index (χ2v) is 6.83. The third kappa shape index (κ3) is 3.37. The van der Waals surface area contributed by atoms with Crippen LogP contribution in [0.25, 0.3) is 11.1 Å². The standard InChI is InChI=1S/C20H16F4N4O/c1-12-11-27(16-4-2-14(3-5-16)20(22,23)24)19(29)18-17(10-26-28(12)18)13-6-7-25-15(8-13)9-21/h2-8,10,12H,9,11H2,1H3/t12-/m0/s1. The average molecular weight is 404 g/mol. The molecule has 1 aliphatic heterocycles. The van der Waals surface area contributed by atoms with Gasteiger partial charge in [-0.2, -0.15) is 18.3 Å². The van der Waals surface area contributed by atoms with Gasteiger partial charge in [-0.3, -0.25) is 14.5 Å². The summed E-state index contributed by atoms with van der Waals surface area (Å²) in [4.78, 5) is 18.6. The normalized spacial score (nSPS) is 16.8. The highest BCUT2D eigenvalue weighted by Gasteiger charge is 2.35. The minimum absolute atomic E-state index is 0.193. The van der Waals surface area contributed by atoms with Crippen LogP contribution in [0.2, 0.25) is 0 Å². The topological polar surface area (TPSA) is 51.0 Å². The lowest BCUT2D eigenvalue weighted by molar-refractivity contribution is -0.137. The van der Waals surface area contributed by atoms with Crippen molar-refractivity contribution in [2.75, 3.05) is 11.4 Å². The van der Waals surface area contributed by atoms with E-state index in [1.54, 1.807) is 16.8 Å². The van der Waals surface area contributed by atoms with Gasteiger partial charge in [-0.15, -0.1) is 0 Å². The van der Waals surface area contributed by atoms with Crippen molar-refractivity contribution in [2.45, 2.75) is 25.8 Å². The largest absolute Gasteiger partial charge is 0.416 e. The van der Waals surface area contributed by atoms with Crippen LogP contribution in [0.3, 0.4) is 0 Å². The molecule has 150 valence electrons. The Labute approximate surface area is 163 Å². The molecule has 2 aromatic heterocycles. The number of carbonyl (C=O) groups is 1. The van der Waals surface area contributed by atoms with Gasteiger partial charge >= 0.3 is 6.18 Å². The van der Waals surface area contributed by atoms with Crippen LogP contribution in [0.15, 0.2) is 48.8 Å². The first-order chi connectivity index (χ1) is 13.8. The maximum Gasteiger partial charge on any atom is 0.416 e. The van der Waals surface area contributed by atoms with Crippen molar-refractivity contribution in [3.63, 3.8) is 0 Å². The van der Waals surface area contributed by atoms with Gasteiger partial charge in [0.2, 0.25) is 0 Å². The van der Waals surface area contributed by atoms with Crippen LogP contribution in [0.5, 0.6) is 0 Å². The highest BCUT2D eigenvalue weighted by molar-refractivity contribution is 6.09. The van der Waals surface area contributed by atoms with Gasteiger partial charge in [0.05, 0.1) is 23.5 Å². The molecular weight excluding hydrogens is 388 g/mol. The summed E-state index contributed by atoms with van der Waals surface area (Å²) in [5.41, 5.74) is 1.25. The number of rotatable bonds is 3. The number of nitrogens with zero attached hydrogens (tertiary/aromatic N) is 4. The number of alkyl halides is 4. The Balaban J connectivity index is 1.74. The van der Waals surface area contributed by atoms with Gasteiger partial charge in [0.25, 0.3) is 5.91 Å². The molecule has 1 aromatic carbocycles. The monoisotopic (exact) mass is 404 g/mol. The first kappa shape index (κ1) is 19.1. The summed E-state index contributed by atoms with van der Waals surface area (Å²) in [7, 11) is 0. The fourth-order valence-corrected chi connectivity index (χ4v) is 3.44. The van der Waals surface area contributed by atoms with Crippen LogP contribution in [0, 0.1) is 0 Å². The Morgan fingerprint density at radius 3 is 2.55 bits per heavy atom. The summed E-state index contributed by atoms with van der Waals surface area (Å²) in [6.45, 7) is 1.40. The van der Waals surface area contributed by atoms with E-state index in [2.05, 4.69) is 10.1 Å². The Kier molecular flexibility index (Phi) is 4.60. The number of hydrogen-bond acceptors (Lipinski definition) is 3. The molecule has 0 unspecified atom stereocenters. The minimum atomic E-state index is -4.45. The lowest BCUT2D eigenvalue weighted by Gasteiger charge is -2.32. The number of carbonyl (C=O) groups excluding carboxylic acids is 1. The number of pyridine rings is 1. The molecule has 1 aliphatic rings. The maximum absolute atomic E-state index is 13.2. The molecule has 1 amide bonds. The second-order valence-electron chi connectivity index (χ2n) is 6.83. The van der Waals surface area contributed by atoms with Crippen molar-refractivity contribution in [3.8, 4) is 11.1 Å². The number of fused-ring (bicyclic) bond motifs is 1. The van der Waals surface area contributed by atoms with E-state index in [1.165, 1.54) is 29.4 Å². The third-order valence-corrected chi connectivity index (χ3v) is 4.88. The molecule has 9 heteroatoms. The van der Waals surface area contributed by atoms with Crippen LogP contribution in [-0.4, -0.2) is 27.2 Å². The number of halogens is 4. The average Bonchev–Trinajstić information content (AvgIpc) is 3.16. The maximum atomic E-state index is 13.2. The third-order valence-electron chi connectivity index (χ3n) is 4.88. The van der Waals surface area contributed by atoms with Crippen molar-refractivity contribution < 1.29 is 22.4 Å². The summed E-state index contributed by atoms with van der Waals surface area (Å²) in [6.07, 6.45) is -1.45. The van der Waals surface area contributed by atoms with Crippen LogP contribution in [-0.2, 0) is 12.9 Å². The van der Waals surface area contributed by atoms with Crippen LogP contribution in [0.4, 0.5) is 23.2 Å². The highest BCUT2D eigenvalue weighted by Crippen LogP contribution is 2.34. The predicted octanol–water partition coefficient (Wildman–Crippen LogP) is 4.65. The highest BCUT2D eigenvalue weighted by atomic mass is 19.4. The first-order valence-corrected chi connectivity index (χ1v) is 8.87. The lowest BCUT2D eigenvalue weighted by Crippen LogP contribution is -2.42. The number of benzene rings is 1. The zero-order chi connectivity index (χ0) is 20.8. The second kappa shape index (κ2) is 6.98. The van der Waals surface area contributed by atoms with Crippen LogP contribution < -0.4 is 4.90 Å². The van der Waals surface area contributed by atoms with E-state index in [-0.39, 0.29) is 24.2 Å². The number of anilines is 1. The molecule has 0 saturated heterocycles. The fourth-order valence-electron chi connectivity index (χ4n) is 3.44. The first-order valence-electron chi connectivity index (χ1n) is 8.87. The van der Waals surface area contributed by atoms with Crippen molar-refractivity contribution in [3.05, 3.63) is 65.7 Å². The smallest absolute Gasteiger partial charge is 0.305 e. The molecule has 1 atom stereocenters. The Bertz CT molecular complexity index is 1060. The summed E-state index contributed by atoms with van der Waals surface area (Å²) < 4.78 is 53.1. The fraction of sp³-hybridized carbons (Fsp3) is 0.250. The predicted molar refractivity (Wildman–Crippen MR) is 98.1 cm³/mol. The van der Waals surface area contributed by atoms with E-state index < -0.39 is 18.4 Å². The van der Waals surface area contributed by atoms with Crippen LogP contribution in [0.1, 0.15) is 34.7 Å². The molecule has 0 N–H and O–H groups in total. The Morgan fingerprint density at radius 1 is 1.17 bits per heavy atom. The molecule has 0 spiro atoms. The Hall–Kier alpha value is -3.23. The zero-order valence-electron chi connectivity index (χ0n) is 15.3. The van der Waals surface area contributed by atoms with Crippen molar-refractivity contribution >= 4 is 11.6 Å². The summed E-state index contributed by atoms with van der Waals surface area (Å²) >= 11 is 0. The number of aromatic nitrogens is 3. The van der Waals surface area contributed by atoms with E-state index in [1.807, 2.05) is 6.92 Å². The van der Waals surface area contributed by atoms with Gasteiger partial charge < -0.3 is 4.90 Å². The van der Waals surface area contributed by atoms with E-state index >= 15 is 0 Å². The molecule has 0 saturated carbocycles. The van der Waals surface area contributed by atoms with Gasteiger partial charge in [0.1, 0.15) is 12.4 Å². The molecule has 0 fully saturated rings. The molecule has 4 rings (SSSR count). The minimum Gasteiger partial charge on any atom is -0.305 e. The van der Waals surface area contributed by atoms with Crippen molar-refractivity contribution in [1.82, 2.24) is 14.8 Å². The summed E-state index contributed by atoms with van der Waals surface area (Å²) in [5, 5.41) is 4.30. The molecule has 0 aliphatic carbocycles. The molecule has 29 heavy (non-hydrogen) atoms. The number of hydrogen-bond donors (Lipinski definition) is 0. The van der Waals surface area contributed by atoms with Gasteiger partial charge in [-0.1, -0.05) is 0 Å². The van der Waals surface area contributed by atoms with Gasteiger partial charge in [0.15, 0.2) is 0 Å². The molecule has 5 nitrogen and oxygen atoms in total. The lowest BCUT2D eigenvalue weighted by atomic mass is 10.0. The van der Waals surface area contributed by atoms with Crippen molar-refractivity contribution in [1.29, 1.82) is 0 Å². The molecule has 0 bridgehead atoms. The zero-order valence-corrected chi connectivity index (χ0v) is 15.3. The molecule has 0 radical (unpaired) electrons. The van der Waals surface area contributed by atoms with Crippen LogP contribution >= 0.6 is 0 Å².